The van der Waals surface area contributed by atoms with E-state index in [0.29, 0.717) is 12.2 Å². The second-order valence-electron chi connectivity index (χ2n) is 4.50. The molecule has 1 unspecified atom stereocenters. The first-order valence-corrected chi connectivity index (χ1v) is 6.49. The molecule has 1 atom stereocenters. The molecule has 1 heterocycles. The highest BCUT2D eigenvalue weighted by Gasteiger charge is 2.17. The Labute approximate surface area is 117 Å². The lowest BCUT2D eigenvalue weighted by Gasteiger charge is -2.19. The summed E-state index contributed by atoms with van der Waals surface area (Å²) in [4.78, 5) is 25.1. The maximum Gasteiger partial charge on any atom is 0.287 e. The van der Waals surface area contributed by atoms with E-state index >= 15 is 0 Å². The van der Waals surface area contributed by atoms with Gasteiger partial charge >= 0.3 is 0 Å². The number of hydrogen-bond acceptors (Lipinski definition) is 4. The Balaban J connectivity index is 2.95. The van der Waals surface area contributed by atoms with Gasteiger partial charge in [0.25, 0.3) is 5.56 Å². The Morgan fingerprint density at radius 3 is 2.74 bits per heavy atom. The number of amides is 1. The van der Waals surface area contributed by atoms with E-state index in [1.807, 2.05) is 6.92 Å². The Bertz CT molecular complexity index is 513. The van der Waals surface area contributed by atoms with Gasteiger partial charge in [-0.3, -0.25) is 9.59 Å². The second kappa shape index (κ2) is 6.56. The summed E-state index contributed by atoms with van der Waals surface area (Å²) >= 11 is 6.00. The molecule has 0 saturated carbocycles. The average Bonchev–Trinajstić information content (AvgIpc) is 2.37. The zero-order chi connectivity index (χ0) is 14.6. The average molecular weight is 287 g/mol. The Morgan fingerprint density at radius 1 is 1.58 bits per heavy atom. The largest absolute Gasteiger partial charge is 0.371 e. The van der Waals surface area contributed by atoms with E-state index in [2.05, 4.69) is 10.4 Å². The monoisotopic (exact) mass is 286 g/mol. The summed E-state index contributed by atoms with van der Waals surface area (Å²) in [7, 11) is 3.33. The number of likely N-dealkylation sites (N-methyl/N-ethyl adjacent to an activating group) is 1. The van der Waals surface area contributed by atoms with Gasteiger partial charge in [0.05, 0.1) is 11.9 Å². The fraction of sp³-hybridized carbons (Fsp3) is 0.583. The summed E-state index contributed by atoms with van der Waals surface area (Å²) in [5.41, 5.74) is 0.0275. The second-order valence-corrected chi connectivity index (χ2v) is 4.88. The Hall–Kier alpha value is -1.56. The summed E-state index contributed by atoms with van der Waals surface area (Å²) in [5.74, 6) is -0.103. The smallest absolute Gasteiger partial charge is 0.287 e. The van der Waals surface area contributed by atoms with Gasteiger partial charge in [-0.1, -0.05) is 18.5 Å². The van der Waals surface area contributed by atoms with E-state index in [0.717, 1.165) is 6.42 Å². The number of anilines is 1. The molecule has 0 radical (unpaired) electrons. The third-order valence-corrected chi connectivity index (χ3v) is 2.97. The number of nitrogens with one attached hydrogen (secondary N) is 1. The molecule has 0 fully saturated rings. The molecule has 1 N–H and O–H groups in total. The molecule has 7 heteroatoms. The fourth-order valence-electron chi connectivity index (χ4n) is 1.62. The summed E-state index contributed by atoms with van der Waals surface area (Å²) in [6.45, 7) is 4.17. The first-order valence-electron chi connectivity index (χ1n) is 6.11. The molecule has 106 valence electrons. The zero-order valence-electron chi connectivity index (χ0n) is 11.6. The minimum absolute atomic E-state index is 0.0573. The van der Waals surface area contributed by atoms with Crippen molar-refractivity contribution in [1.29, 1.82) is 0 Å². The van der Waals surface area contributed by atoms with E-state index in [1.54, 1.807) is 21.0 Å². The molecule has 0 bridgehead atoms. The van der Waals surface area contributed by atoms with Crippen molar-refractivity contribution in [1.82, 2.24) is 14.7 Å². The van der Waals surface area contributed by atoms with Gasteiger partial charge in [0, 0.05) is 20.6 Å². The van der Waals surface area contributed by atoms with Gasteiger partial charge in [-0.05, 0) is 13.3 Å². The molecule has 0 aliphatic rings. The van der Waals surface area contributed by atoms with Crippen LogP contribution >= 0.6 is 11.6 Å². The molecule has 0 saturated heterocycles. The molecular formula is C12H19ClN4O2. The third-order valence-electron chi connectivity index (χ3n) is 2.60. The van der Waals surface area contributed by atoms with Crippen LogP contribution in [0.4, 0.5) is 5.69 Å². The molecule has 0 aromatic carbocycles. The number of hydrogen-bond donors (Lipinski definition) is 1. The normalized spacial score (nSPS) is 12.1. The van der Waals surface area contributed by atoms with Crippen molar-refractivity contribution in [2.24, 2.45) is 0 Å². The third kappa shape index (κ3) is 3.70. The fourth-order valence-corrected chi connectivity index (χ4v) is 1.82. The van der Waals surface area contributed by atoms with Gasteiger partial charge in [-0.2, -0.15) is 5.10 Å². The Morgan fingerprint density at radius 2 is 2.21 bits per heavy atom. The van der Waals surface area contributed by atoms with Crippen molar-refractivity contribution in [3.05, 3.63) is 21.6 Å². The van der Waals surface area contributed by atoms with Crippen LogP contribution in [-0.4, -0.2) is 40.7 Å². The van der Waals surface area contributed by atoms with Crippen LogP contribution in [0.5, 0.6) is 0 Å². The van der Waals surface area contributed by atoms with Gasteiger partial charge < -0.3 is 10.2 Å². The number of carbonyl (C=O) groups excluding carboxylic acids is 1. The lowest BCUT2D eigenvalue weighted by molar-refractivity contribution is -0.129. The minimum atomic E-state index is -0.476. The first kappa shape index (κ1) is 15.5. The van der Waals surface area contributed by atoms with E-state index in [-0.39, 0.29) is 16.5 Å². The van der Waals surface area contributed by atoms with E-state index in [4.69, 9.17) is 11.6 Å². The summed E-state index contributed by atoms with van der Waals surface area (Å²) in [5, 5.41) is 6.98. The number of aromatic nitrogens is 2. The van der Waals surface area contributed by atoms with Gasteiger partial charge in [0.2, 0.25) is 5.91 Å². The molecule has 6 nitrogen and oxygen atoms in total. The van der Waals surface area contributed by atoms with Crippen molar-refractivity contribution in [3.63, 3.8) is 0 Å². The summed E-state index contributed by atoms with van der Waals surface area (Å²) in [6, 6.07) is -0.476. The number of halogens is 1. The Kier molecular flexibility index (Phi) is 5.35. The zero-order valence-corrected chi connectivity index (χ0v) is 12.4. The molecule has 19 heavy (non-hydrogen) atoms. The van der Waals surface area contributed by atoms with Crippen molar-refractivity contribution >= 4 is 23.2 Å². The van der Waals surface area contributed by atoms with Crippen LogP contribution in [0.15, 0.2) is 11.0 Å². The van der Waals surface area contributed by atoms with Gasteiger partial charge in [0.15, 0.2) is 0 Å². The molecular weight excluding hydrogens is 268 g/mol. The SMILES string of the molecule is CCCn1ncc(NC(C)C(=O)N(C)C)c(Cl)c1=O. The van der Waals surface area contributed by atoms with Crippen molar-refractivity contribution in [2.75, 3.05) is 19.4 Å². The van der Waals surface area contributed by atoms with E-state index in [1.165, 1.54) is 15.8 Å². The van der Waals surface area contributed by atoms with Gasteiger partial charge in [-0.15, -0.1) is 0 Å². The molecule has 0 spiro atoms. The van der Waals surface area contributed by atoms with Crippen LogP contribution in [0.3, 0.4) is 0 Å². The predicted molar refractivity (Wildman–Crippen MR) is 75.6 cm³/mol. The topological polar surface area (TPSA) is 67.2 Å². The van der Waals surface area contributed by atoms with Gasteiger partial charge in [-0.25, -0.2) is 4.68 Å². The molecule has 1 amide bonds. The highest BCUT2D eigenvalue weighted by molar-refractivity contribution is 6.33. The molecule has 1 aromatic heterocycles. The number of nitrogens with zero attached hydrogens (tertiary/aromatic N) is 3. The highest BCUT2D eigenvalue weighted by atomic mass is 35.5. The lowest BCUT2D eigenvalue weighted by atomic mass is 10.3. The molecule has 1 rings (SSSR count). The van der Waals surface area contributed by atoms with Crippen LogP contribution in [0.1, 0.15) is 20.3 Å². The van der Waals surface area contributed by atoms with Crippen LogP contribution in [0, 0.1) is 0 Å². The highest BCUT2D eigenvalue weighted by Crippen LogP contribution is 2.16. The van der Waals surface area contributed by atoms with Crippen LogP contribution in [0.25, 0.3) is 0 Å². The maximum atomic E-state index is 11.9. The quantitative estimate of drug-likeness (QED) is 0.883. The van der Waals surface area contributed by atoms with Crippen molar-refractivity contribution < 1.29 is 4.79 Å². The van der Waals surface area contributed by atoms with Crippen LogP contribution in [0.2, 0.25) is 5.02 Å². The number of rotatable bonds is 5. The van der Waals surface area contributed by atoms with E-state index < -0.39 is 6.04 Å². The summed E-state index contributed by atoms with van der Waals surface area (Å²) < 4.78 is 1.31. The molecule has 1 aromatic rings. The molecule has 0 aliphatic heterocycles. The number of aryl methyl sites for hydroxylation is 1. The van der Waals surface area contributed by atoms with Gasteiger partial charge in [0.1, 0.15) is 11.1 Å². The summed E-state index contributed by atoms with van der Waals surface area (Å²) in [6.07, 6.45) is 2.27. The first-order chi connectivity index (χ1) is 8.88. The van der Waals surface area contributed by atoms with Crippen LogP contribution in [-0.2, 0) is 11.3 Å². The minimum Gasteiger partial charge on any atom is -0.371 e. The number of carbonyl (C=O) groups is 1. The maximum absolute atomic E-state index is 11.9. The predicted octanol–water partition coefficient (Wildman–Crippen LogP) is 1.20. The van der Waals surface area contributed by atoms with E-state index in [9.17, 15) is 9.59 Å². The standard InChI is InChI=1S/C12H19ClN4O2/c1-5-6-17-12(19)10(13)9(7-14-17)15-8(2)11(18)16(3)4/h7-8,15H,5-6H2,1-4H3. The van der Waals surface area contributed by atoms with Crippen LogP contribution < -0.4 is 10.9 Å². The van der Waals surface area contributed by atoms with Crippen molar-refractivity contribution in [3.8, 4) is 0 Å². The molecule has 0 aliphatic carbocycles. The lowest BCUT2D eigenvalue weighted by Crippen LogP contribution is -2.37. The van der Waals surface area contributed by atoms with Crippen molar-refractivity contribution in [2.45, 2.75) is 32.9 Å².